The first kappa shape index (κ1) is 15.0. The number of rotatable bonds is 4. The van der Waals surface area contributed by atoms with E-state index in [1.54, 1.807) is 12.1 Å². The predicted molar refractivity (Wildman–Crippen MR) is 82.0 cm³/mol. The van der Waals surface area contributed by atoms with E-state index in [1.807, 2.05) is 6.92 Å². The standard InChI is InChI=1S/C13H10Cl2N2O2S/c1-2-12(20)19-11-6-10(16-17-11)13(18)8-4-3-7(14)5-9(8)15/h3-6H,2H2,1H3,(H,16,17). The SMILES string of the molecule is CCC(=S)Oc1cc(C(=O)c2ccc(Cl)cc2Cl)[nH]n1. The molecule has 7 heteroatoms. The lowest BCUT2D eigenvalue weighted by Gasteiger charge is -2.01. The number of carbonyl (C=O) groups is 1. The Kier molecular flexibility index (Phi) is 4.75. The first-order valence-corrected chi connectivity index (χ1v) is 6.93. The summed E-state index contributed by atoms with van der Waals surface area (Å²) in [5.41, 5.74) is 0.604. The van der Waals surface area contributed by atoms with Gasteiger partial charge in [-0.25, -0.2) is 0 Å². The van der Waals surface area contributed by atoms with Gasteiger partial charge < -0.3 is 4.74 Å². The van der Waals surface area contributed by atoms with Crippen LogP contribution in [0.4, 0.5) is 0 Å². The number of hydrogen-bond acceptors (Lipinski definition) is 4. The van der Waals surface area contributed by atoms with Crippen LogP contribution in [0, 0.1) is 0 Å². The Balaban J connectivity index is 2.23. The maximum Gasteiger partial charge on any atom is 0.239 e. The van der Waals surface area contributed by atoms with Crippen molar-refractivity contribution in [3.8, 4) is 5.88 Å². The molecule has 0 fully saturated rings. The van der Waals surface area contributed by atoms with E-state index in [2.05, 4.69) is 10.2 Å². The van der Waals surface area contributed by atoms with Crippen molar-refractivity contribution in [2.24, 2.45) is 0 Å². The van der Waals surface area contributed by atoms with Gasteiger partial charge in [0, 0.05) is 23.1 Å². The van der Waals surface area contributed by atoms with Gasteiger partial charge >= 0.3 is 0 Å². The topological polar surface area (TPSA) is 55.0 Å². The lowest BCUT2D eigenvalue weighted by atomic mass is 10.1. The molecule has 1 N–H and O–H groups in total. The number of carbonyl (C=O) groups excluding carboxylic acids is 1. The van der Waals surface area contributed by atoms with E-state index in [9.17, 15) is 4.79 Å². The Hall–Kier alpha value is -1.43. The highest BCUT2D eigenvalue weighted by Gasteiger charge is 2.16. The number of aromatic nitrogens is 2. The van der Waals surface area contributed by atoms with Gasteiger partial charge in [-0.3, -0.25) is 9.89 Å². The molecule has 104 valence electrons. The second kappa shape index (κ2) is 6.35. The largest absolute Gasteiger partial charge is 0.430 e. The number of H-pyrrole nitrogens is 1. The number of thiocarbonyl (C=S) groups is 1. The molecule has 0 atom stereocenters. The monoisotopic (exact) mass is 328 g/mol. The molecule has 2 aromatic rings. The van der Waals surface area contributed by atoms with Crippen molar-refractivity contribution in [2.75, 3.05) is 0 Å². The van der Waals surface area contributed by atoms with E-state index in [4.69, 9.17) is 40.2 Å². The average Bonchev–Trinajstić information content (AvgIpc) is 2.86. The molecule has 4 nitrogen and oxygen atoms in total. The zero-order valence-electron chi connectivity index (χ0n) is 10.4. The molecule has 0 unspecified atom stereocenters. The van der Waals surface area contributed by atoms with Crippen LogP contribution in [0.2, 0.25) is 10.0 Å². The van der Waals surface area contributed by atoms with E-state index in [0.717, 1.165) is 0 Å². The normalized spacial score (nSPS) is 10.3. The van der Waals surface area contributed by atoms with Gasteiger partial charge in [-0.05, 0) is 30.4 Å². The first-order chi connectivity index (χ1) is 9.51. The fourth-order valence-electron chi connectivity index (χ4n) is 1.48. The second-order valence-electron chi connectivity index (χ2n) is 3.90. The van der Waals surface area contributed by atoms with Crippen LogP contribution < -0.4 is 4.74 Å². The van der Waals surface area contributed by atoms with Gasteiger partial charge in [-0.15, -0.1) is 5.10 Å². The number of nitrogens with zero attached hydrogens (tertiary/aromatic N) is 1. The van der Waals surface area contributed by atoms with Crippen molar-refractivity contribution in [3.05, 3.63) is 45.6 Å². The molecular formula is C13H10Cl2N2O2S. The molecule has 0 amide bonds. The zero-order valence-corrected chi connectivity index (χ0v) is 12.8. The molecule has 0 saturated heterocycles. The average molecular weight is 329 g/mol. The maximum atomic E-state index is 12.3. The Morgan fingerprint density at radius 3 is 2.80 bits per heavy atom. The van der Waals surface area contributed by atoms with Crippen molar-refractivity contribution in [3.63, 3.8) is 0 Å². The molecule has 1 aromatic carbocycles. The summed E-state index contributed by atoms with van der Waals surface area (Å²) in [6.07, 6.45) is 0.592. The number of halogens is 2. The summed E-state index contributed by atoms with van der Waals surface area (Å²) in [5, 5.41) is 7.62. The van der Waals surface area contributed by atoms with Crippen LogP contribution in [-0.4, -0.2) is 21.0 Å². The summed E-state index contributed by atoms with van der Waals surface area (Å²) in [7, 11) is 0. The Morgan fingerprint density at radius 2 is 2.15 bits per heavy atom. The molecule has 0 aliphatic rings. The third-order valence-electron chi connectivity index (χ3n) is 2.48. The Labute approximate surface area is 131 Å². The van der Waals surface area contributed by atoms with Crippen molar-refractivity contribution in [1.82, 2.24) is 10.2 Å². The summed E-state index contributed by atoms with van der Waals surface area (Å²) in [6.45, 7) is 1.87. The quantitative estimate of drug-likeness (QED) is 0.679. The fraction of sp³-hybridized carbons (Fsp3) is 0.154. The van der Waals surface area contributed by atoms with Gasteiger partial charge in [0.2, 0.25) is 11.7 Å². The minimum absolute atomic E-state index is 0.255. The van der Waals surface area contributed by atoms with Crippen molar-refractivity contribution in [1.29, 1.82) is 0 Å². The summed E-state index contributed by atoms with van der Waals surface area (Å²) in [4.78, 5) is 12.3. The highest BCUT2D eigenvalue weighted by Crippen LogP contribution is 2.23. The van der Waals surface area contributed by atoms with Crippen LogP contribution in [0.5, 0.6) is 5.88 Å². The molecule has 0 bridgehead atoms. The first-order valence-electron chi connectivity index (χ1n) is 5.77. The van der Waals surface area contributed by atoms with Gasteiger partial charge in [-0.1, -0.05) is 30.1 Å². The fourth-order valence-corrected chi connectivity index (χ4v) is 2.06. The maximum absolute atomic E-state index is 12.3. The molecule has 0 spiro atoms. The van der Waals surface area contributed by atoms with Gasteiger partial charge in [0.15, 0.2) is 5.05 Å². The van der Waals surface area contributed by atoms with Crippen LogP contribution in [0.25, 0.3) is 0 Å². The molecule has 20 heavy (non-hydrogen) atoms. The van der Waals surface area contributed by atoms with Crippen LogP contribution in [-0.2, 0) is 0 Å². The van der Waals surface area contributed by atoms with Crippen molar-refractivity contribution < 1.29 is 9.53 Å². The van der Waals surface area contributed by atoms with Gasteiger partial charge in [0.1, 0.15) is 5.69 Å². The minimum atomic E-state index is -0.295. The summed E-state index contributed by atoms with van der Waals surface area (Å²) in [6, 6.07) is 6.15. The van der Waals surface area contributed by atoms with E-state index in [0.29, 0.717) is 22.1 Å². The summed E-state index contributed by atoms with van der Waals surface area (Å²) in [5.74, 6) is -0.0401. The van der Waals surface area contributed by atoms with E-state index >= 15 is 0 Å². The molecule has 0 saturated carbocycles. The number of hydrogen-bond donors (Lipinski definition) is 1. The van der Waals surface area contributed by atoms with Gasteiger partial charge in [-0.2, -0.15) is 0 Å². The number of ether oxygens (including phenoxy) is 1. The second-order valence-corrected chi connectivity index (χ2v) is 5.20. The number of aromatic amines is 1. The lowest BCUT2D eigenvalue weighted by Crippen LogP contribution is -2.03. The lowest BCUT2D eigenvalue weighted by molar-refractivity contribution is 0.103. The smallest absolute Gasteiger partial charge is 0.239 e. The van der Waals surface area contributed by atoms with E-state index in [1.165, 1.54) is 12.1 Å². The van der Waals surface area contributed by atoms with Crippen molar-refractivity contribution >= 4 is 46.3 Å². The highest BCUT2D eigenvalue weighted by atomic mass is 35.5. The molecule has 1 aromatic heterocycles. The van der Waals surface area contributed by atoms with Gasteiger partial charge in [0.25, 0.3) is 0 Å². The highest BCUT2D eigenvalue weighted by molar-refractivity contribution is 7.80. The Morgan fingerprint density at radius 1 is 1.40 bits per heavy atom. The minimum Gasteiger partial charge on any atom is -0.430 e. The molecule has 0 radical (unpaired) electrons. The van der Waals surface area contributed by atoms with E-state index in [-0.39, 0.29) is 22.4 Å². The Bertz CT molecular complexity index is 670. The molecule has 2 rings (SSSR count). The molecule has 0 aliphatic carbocycles. The molecule has 1 heterocycles. The van der Waals surface area contributed by atoms with Crippen molar-refractivity contribution in [2.45, 2.75) is 13.3 Å². The third kappa shape index (κ3) is 3.36. The van der Waals surface area contributed by atoms with E-state index < -0.39 is 0 Å². The number of benzene rings is 1. The number of nitrogens with one attached hydrogen (secondary N) is 1. The molecular weight excluding hydrogens is 319 g/mol. The predicted octanol–water partition coefficient (Wildman–Crippen LogP) is 4.06. The van der Waals surface area contributed by atoms with Crippen LogP contribution in [0.3, 0.4) is 0 Å². The third-order valence-corrected chi connectivity index (χ3v) is 3.40. The summed E-state index contributed by atoms with van der Waals surface area (Å²) < 4.78 is 5.26. The number of ketones is 1. The van der Waals surface area contributed by atoms with Crippen LogP contribution in [0.1, 0.15) is 29.4 Å². The molecule has 0 aliphatic heterocycles. The summed E-state index contributed by atoms with van der Waals surface area (Å²) >= 11 is 16.7. The van der Waals surface area contributed by atoms with Crippen LogP contribution >= 0.6 is 35.4 Å². The van der Waals surface area contributed by atoms with Gasteiger partial charge in [0.05, 0.1) is 5.02 Å². The zero-order chi connectivity index (χ0) is 14.7. The van der Waals surface area contributed by atoms with Crippen LogP contribution in [0.15, 0.2) is 24.3 Å².